The van der Waals surface area contributed by atoms with Crippen LogP contribution in [0, 0.1) is 5.92 Å². The van der Waals surface area contributed by atoms with Crippen LogP contribution in [0.4, 0.5) is 0 Å². The third-order valence-corrected chi connectivity index (χ3v) is 5.65. The molecule has 5 nitrogen and oxygen atoms in total. The Hall–Kier alpha value is -2.92. The zero-order valence-electron chi connectivity index (χ0n) is 16.9. The maximum absolute atomic E-state index is 13.1. The van der Waals surface area contributed by atoms with Gasteiger partial charge in [0.05, 0.1) is 19.7 Å². The number of nitrogens with zero attached hydrogens (tertiary/aromatic N) is 2. The first-order valence-electron chi connectivity index (χ1n) is 10.0. The van der Waals surface area contributed by atoms with Crippen LogP contribution in [0.3, 0.4) is 0 Å². The molecule has 150 valence electrons. The first kappa shape index (κ1) is 19.4. The van der Waals surface area contributed by atoms with E-state index in [1.807, 2.05) is 18.3 Å². The molecule has 1 fully saturated rings. The average molecular weight is 390 g/mol. The number of hydrogen-bond acceptors (Lipinski definition) is 5. The summed E-state index contributed by atoms with van der Waals surface area (Å²) in [6, 6.07) is 15.8. The number of carbonyl (C=O) groups excluding carboxylic acids is 1. The second-order valence-electron chi connectivity index (χ2n) is 7.50. The van der Waals surface area contributed by atoms with Crippen LogP contribution in [-0.4, -0.2) is 43.0 Å². The minimum absolute atomic E-state index is 0.00946. The first-order chi connectivity index (χ1) is 14.2. The predicted octanol–water partition coefficient (Wildman–Crippen LogP) is 4.35. The third-order valence-electron chi connectivity index (χ3n) is 5.65. The van der Waals surface area contributed by atoms with Crippen LogP contribution < -0.4 is 9.47 Å². The lowest BCUT2D eigenvalue weighted by atomic mass is 9.89. The van der Waals surface area contributed by atoms with Crippen LogP contribution in [-0.2, 0) is 6.54 Å². The molecule has 0 radical (unpaired) electrons. The van der Waals surface area contributed by atoms with Gasteiger partial charge in [-0.05, 0) is 49.2 Å². The largest absolute Gasteiger partial charge is 0.493 e. The van der Waals surface area contributed by atoms with E-state index in [1.54, 1.807) is 26.4 Å². The van der Waals surface area contributed by atoms with Gasteiger partial charge in [-0.1, -0.05) is 24.3 Å². The minimum atomic E-state index is -0.00946. The normalized spacial score (nSPS) is 17.2. The number of piperidine rings is 1. The van der Waals surface area contributed by atoms with Gasteiger partial charge in [0.1, 0.15) is 0 Å². The fourth-order valence-corrected chi connectivity index (χ4v) is 4.17. The van der Waals surface area contributed by atoms with Gasteiger partial charge in [-0.2, -0.15) is 0 Å². The van der Waals surface area contributed by atoms with E-state index in [0.717, 1.165) is 43.4 Å². The molecule has 0 saturated carbocycles. The number of rotatable bonds is 6. The number of fused-ring (bicyclic) bond motifs is 1. The van der Waals surface area contributed by atoms with E-state index in [-0.39, 0.29) is 11.7 Å². The fraction of sp³-hybridized carbons (Fsp3) is 0.333. The Balaban J connectivity index is 1.50. The van der Waals surface area contributed by atoms with E-state index in [1.165, 1.54) is 5.56 Å². The standard InChI is InChI=1S/C24H26N2O3/c1-28-21-11-10-18(14-22(21)29-2)24(27)20-9-5-13-26(16-20)15-19-7-3-6-17-8-4-12-25-23(17)19/h3-4,6-8,10-12,14,20H,5,9,13,15-16H2,1-2H3/t20-/m1/s1. The average Bonchev–Trinajstić information content (AvgIpc) is 2.78. The summed E-state index contributed by atoms with van der Waals surface area (Å²) in [6.07, 6.45) is 3.77. The van der Waals surface area contributed by atoms with Crippen molar-refractivity contribution in [1.29, 1.82) is 0 Å². The quantitative estimate of drug-likeness (QED) is 0.586. The topological polar surface area (TPSA) is 51.7 Å². The Morgan fingerprint density at radius 1 is 1.10 bits per heavy atom. The molecule has 29 heavy (non-hydrogen) atoms. The van der Waals surface area contributed by atoms with Gasteiger partial charge >= 0.3 is 0 Å². The Labute approximate surface area is 171 Å². The molecule has 4 rings (SSSR count). The van der Waals surface area contributed by atoms with Gasteiger partial charge in [-0.15, -0.1) is 0 Å². The molecule has 1 atom stereocenters. The Morgan fingerprint density at radius 2 is 1.93 bits per heavy atom. The highest BCUT2D eigenvalue weighted by molar-refractivity contribution is 5.98. The zero-order chi connectivity index (χ0) is 20.2. The summed E-state index contributed by atoms with van der Waals surface area (Å²) in [5.74, 6) is 1.39. The number of pyridine rings is 1. The summed E-state index contributed by atoms with van der Waals surface area (Å²) >= 11 is 0. The van der Waals surface area contributed by atoms with Gasteiger partial charge < -0.3 is 9.47 Å². The van der Waals surface area contributed by atoms with Crippen LogP contribution in [0.5, 0.6) is 11.5 Å². The molecule has 0 aliphatic carbocycles. The van der Waals surface area contributed by atoms with Gasteiger partial charge in [0.2, 0.25) is 0 Å². The highest BCUT2D eigenvalue weighted by Gasteiger charge is 2.27. The second kappa shape index (κ2) is 8.62. The Kier molecular flexibility index (Phi) is 5.76. The number of aromatic nitrogens is 1. The van der Waals surface area contributed by atoms with Crippen molar-refractivity contribution in [3.8, 4) is 11.5 Å². The van der Waals surface area contributed by atoms with E-state index in [4.69, 9.17) is 9.47 Å². The molecular weight excluding hydrogens is 364 g/mol. The molecule has 2 aromatic carbocycles. The van der Waals surface area contributed by atoms with Gasteiger partial charge in [0.15, 0.2) is 17.3 Å². The van der Waals surface area contributed by atoms with Gasteiger partial charge in [0.25, 0.3) is 0 Å². The molecule has 0 unspecified atom stereocenters. The number of Topliss-reactive ketones (excluding diaryl/α,β-unsaturated/α-hetero) is 1. The van der Waals surface area contributed by atoms with Crippen molar-refractivity contribution >= 4 is 16.7 Å². The van der Waals surface area contributed by atoms with Crippen LogP contribution in [0.25, 0.3) is 10.9 Å². The number of benzene rings is 2. The van der Waals surface area contributed by atoms with Crippen LogP contribution in [0.2, 0.25) is 0 Å². The summed E-state index contributed by atoms with van der Waals surface area (Å²) in [4.78, 5) is 20.1. The summed E-state index contributed by atoms with van der Waals surface area (Å²) in [6.45, 7) is 2.57. The van der Waals surface area contributed by atoms with E-state index in [9.17, 15) is 4.79 Å². The summed E-state index contributed by atoms with van der Waals surface area (Å²) in [5.41, 5.74) is 2.94. The molecule has 0 amide bonds. The number of para-hydroxylation sites is 1. The molecule has 5 heteroatoms. The molecule has 1 aromatic heterocycles. The Bertz CT molecular complexity index is 1010. The van der Waals surface area contributed by atoms with Gasteiger partial charge in [0, 0.05) is 36.2 Å². The molecular formula is C24H26N2O3. The summed E-state index contributed by atoms with van der Waals surface area (Å²) < 4.78 is 10.6. The molecule has 1 aliphatic rings. The number of ketones is 1. The van der Waals surface area contributed by atoms with Gasteiger partial charge in [-0.3, -0.25) is 14.7 Å². The lowest BCUT2D eigenvalue weighted by molar-refractivity contribution is 0.0811. The highest BCUT2D eigenvalue weighted by Crippen LogP contribution is 2.30. The summed E-state index contributed by atoms with van der Waals surface area (Å²) in [5, 5.41) is 1.15. The lowest BCUT2D eigenvalue weighted by Crippen LogP contribution is -2.38. The molecule has 0 N–H and O–H groups in total. The van der Waals surface area contributed by atoms with E-state index in [0.29, 0.717) is 17.1 Å². The fourth-order valence-electron chi connectivity index (χ4n) is 4.17. The van der Waals surface area contributed by atoms with Crippen molar-refractivity contribution in [3.63, 3.8) is 0 Å². The van der Waals surface area contributed by atoms with Crippen molar-refractivity contribution in [1.82, 2.24) is 9.88 Å². The highest BCUT2D eigenvalue weighted by atomic mass is 16.5. The van der Waals surface area contributed by atoms with Crippen molar-refractivity contribution < 1.29 is 14.3 Å². The SMILES string of the molecule is COc1ccc(C(=O)[C@@H]2CCCN(Cc3cccc4cccnc34)C2)cc1OC. The molecule has 1 aliphatic heterocycles. The van der Waals surface area contributed by atoms with Crippen LogP contribution in [0.1, 0.15) is 28.8 Å². The van der Waals surface area contributed by atoms with Crippen LogP contribution in [0.15, 0.2) is 54.7 Å². The molecule has 3 aromatic rings. The summed E-state index contributed by atoms with van der Waals surface area (Å²) in [7, 11) is 3.19. The molecule has 1 saturated heterocycles. The maximum Gasteiger partial charge on any atom is 0.167 e. The van der Waals surface area contributed by atoms with Crippen molar-refractivity contribution in [2.45, 2.75) is 19.4 Å². The monoisotopic (exact) mass is 390 g/mol. The van der Waals surface area contributed by atoms with Gasteiger partial charge in [-0.25, -0.2) is 0 Å². The molecule has 2 heterocycles. The number of methoxy groups -OCH3 is 2. The predicted molar refractivity (Wildman–Crippen MR) is 114 cm³/mol. The molecule has 0 bridgehead atoms. The minimum Gasteiger partial charge on any atom is -0.493 e. The number of ether oxygens (including phenoxy) is 2. The first-order valence-corrected chi connectivity index (χ1v) is 10.0. The third kappa shape index (κ3) is 4.10. The zero-order valence-corrected chi connectivity index (χ0v) is 16.9. The smallest absolute Gasteiger partial charge is 0.167 e. The second-order valence-corrected chi connectivity index (χ2v) is 7.50. The number of likely N-dealkylation sites (tertiary alicyclic amines) is 1. The van der Waals surface area contributed by atoms with Crippen molar-refractivity contribution in [2.75, 3.05) is 27.3 Å². The number of hydrogen-bond donors (Lipinski definition) is 0. The van der Waals surface area contributed by atoms with Crippen molar-refractivity contribution in [2.24, 2.45) is 5.92 Å². The lowest BCUT2D eigenvalue weighted by Gasteiger charge is -2.32. The van der Waals surface area contributed by atoms with E-state index < -0.39 is 0 Å². The number of carbonyl (C=O) groups is 1. The van der Waals surface area contributed by atoms with E-state index >= 15 is 0 Å². The Morgan fingerprint density at radius 3 is 2.76 bits per heavy atom. The van der Waals surface area contributed by atoms with Crippen LogP contribution >= 0.6 is 0 Å². The maximum atomic E-state index is 13.1. The van der Waals surface area contributed by atoms with Crippen molar-refractivity contribution in [3.05, 3.63) is 65.9 Å². The van der Waals surface area contributed by atoms with E-state index in [2.05, 4.69) is 34.1 Å². The molecule has 0 spiro atoms.